The largest absolute Gasteiger partial charge is 0.465 e. The van der Waals surface area contributed by atoms with Gasteiger partial charge in [-0.2, -0.15) is 5.10 Å². The zero-order valence-corrected chi connectivity index (χ0v) is 23.8. The van der Waals surface area contributed by atoms with Crippen LogP contribution in [-0.4, -0.2) is 62.1 Å². The zero-order valence-electron chi connectivity index (χ0n) is 23.8. The molecule has 0 aliphatic rings. The van der Waals surface area contributed by atoms with Crippen molar-refractivity contribution in [3.05, 3.63) is 36.0 Å². The minimum atomic E-state index is -1.10. The van der Waals surface area contributed by atoms with Crippen molar-refractivity contribution in [2.45, 2.75) is 85.4 Å². The molecule has 0 saturated carbocycles. The van der Waals surface area contributed by atoms with Crippen molar-refractivity contribution in [2.24, 2.45) is 12.5 Å². The van der Waals surface area contributed by atoms with Crippen LogP contribution in [0, 0.1) is 5.41 Å². The molecule has 10 nitrogen and oxygen atoms in total. The summed E-state index contributed by atoms with van der Waals surface area (Å²) in [6, 6.07) is 6.57. The summed E-state index contributed by atoms with van der Waals surface area (Å²) < 4.78 is 1.58. The van der Waals surface area contributed by atoms with Gasteiger partial charge in [-0.1, -0.05) is 51.5 Å². The predicted octanol–water partition coefficient (Wildman–Crippen LogP) is 3.72. The summed E-state index contributed by atoms with van der Waals surface area (Å²) in [5.41, 5.74) is 1.51. The number of benzene rings is 1. The second kappa shape index (κ2) is 12.4. The fourth-order valence-corrected chi connectivity index (χ4v) is 4.25. The van der Waals surface area contributed by atoms with Gasteiger partial charge in [-0.15, -0.1) is 0 Å². The average molecular weight is 530 g/mol. The Kier molecular flexibility index (Phi) is 10.1. The van der Waals surface area contributed by atoms with E-state index in [1.807, 2.05) is 24.3 Å². The highest BCUT2D eigenvalue weighted by atomic mass is 16.4. The molecular weight excluding hydrogens is 486 g/mol. The third kappa shape index (κ3) is 8.58. The molecular formula is C28H43N5O5. The van der Waals surface area contributed by atoms with E-state index in [1.165, 1.54) is 11.8 Å². The highest BCUT2D eigenvalue weighted by molar-refractivity contribution is 5.92. The van der Waals surface area contributed by atoms with E-state index >= 15 is 0 Å². The molecule has 2 rings (SSSR count). The van der Waals surface area contributed by atoms with Crippen molar-refractivity contribution in [2.75, 3.05) is 11.4 Å². The third-order valence-electron chi connectivity index (χ3n) is 6.54. The number of aliphatic hydroxyl groups excluding tert-OH is 1. The van der Waals surface area contributed by atoms with E-state index in [1.54, 1.807) is 38.7 Å². The molecule has 0 fully saturated rings. The van der Waals surface area contributed by atoms with E-state index in [9.17, 15) is 24.6 Å². The van der Waals surface area contributed by atoms with Crippen LogP contribution in [-0.2, 0) is 23.1 Å². The van der Waals surface area contributed by atoms with Crippen molar-refractivity contribution in [3.63, 3.8) is 0 Å². The Morgan fingerprint density at radius 2 is 1.71 bits per heavy atom. The van der Waals surface area contributed by atoms with E-state index in [2.05, 4.69) is 36.5 Å². The molecule has 0 aliphatic heterocycles. The summed E-state index contributed by atoms with van der Waals surface area (Å²) in [6.45, 7) is 13.1. The number of nitrogens with one attached hydrogen (secondary N) is 2. The standard InChI is InChI=1S/C28H43N5O5/c1-9-28(6,7)15-21(35)16-29-25(36)23(30-18(2)34)14-19-10-12-20(13-11-19)22-17-32(8)31-24(22)33(26(37)38)27(3,4)5/h10-13,17,21,23,35H,9,14-16H2,1-8H3,(H,29,36)(H,30,34)(H,37,38). The lowest BCUT2D eigenvalue weighted by Gasteiger charge is -2.32. The molecule has 1 heterocycles. The smallest absolute Gasteiger partial charge is 0.413 e. The van der Waals surface area contributed by atoms with E-state index in [0.29, 0.717) is 17.8 Å². The molecule has 0 spiro atoms. The zero-order chi connectivity index (χ0) is 28.8. The molecule has 0 bridgehead atoms. The van der Waals surface area contributed by atoms with Crippen molar-refractivity contribution >= 4 is 23.7 Å². The lowest BCUT2D eigenvalue weighted by Crippen LogP contribution is -2.49. The fourth-order valence-electron chi connectivity index (χ4n) is 4.25. The summed E-state index contributed by atoms with van der Waals surface area (Å²) in [7, 11) is 1.74. The van der Waals surface area contributed by atoms with Gasteiger partial charge < -0.3 is 20.8 Å². The van der Waals surface area contributed by atoms with Gasteiger partial charge in [0.15, 0.2) is 5.82 Å². The van der Waals surface area contributed by atoms with Crippen LogP contribution in [0.4, 0.5) is 10.6 Å². The Morgan fingerprint density at radius 1 is 1.11 bits per heavy atom. The summed E-state index contributed by atoms with van der Waals surface area (Å²) >= 11 is 0. The second-order valence-corrected chi connectivity index (χ2v) is 11.6. The van der Waals surface area contributed by atoms with Crippen molar-refractivity contribution < 1.29 is 24.6 Å². The summed E-state index contributed by atoms with van der Waals surface area (Å²) in [4.78, 5) is 37.9. The van der Waals surface area contributed by atoms with Gasteiger partial charge in [0.1, 0.15) is 6.04 Å². The van der Waals surface area contributed by atoms with Crippen molar-refractivity contribution in [3.8, 4) is 11.1 Å². The van der Waals surface area contributed by atoms with E-state index in [4.69, 9.17) is 0 Å². The normalized spacial score (nSPS) is 13.5. The predicted molar refractivity (Wildman–Crippen MR) is 148 cm³/mol. The van der Waals surface area contributed by atoms with Crippen LogP contribution >= 0.6 is 0 Å². The third-order valence-corrected chi connectivity index (χ3v) is 6.54. The summed E-state index contributed by atoms with van der Waals surface area (Å²) in [5, 5.41) is 30.1. The number of rotatable bonds is 11. The molecule has 0 aliphatic carbocycles. The monoisotopic (exact) mass is 529 g/mol. The van der Waals surface area contributed by atoms with E-state index < -0.39 is 23.8 Å². The lowest BCUT2D eigenvalue weighted by molar-refractivity contribution is -0.128. The molecule has 2 aromatic rings. The van der Waals surface area contributed by atoms with Crippen LogP contribution in [0.1, 0.15) is 66.9 Å². The van der Waals surface area contributed by atoms with Crippen molar-refractivity contribution in [1.82, 2.24) is 20.4 Å². The molecule has 2 unspecified atom stereocenters. The van der Waals surface area contributed by atoms with Gasteiger partial charge in [-0.25, -0.2) is 4.79 Å². The quantitative estimate of drug-likeness (QED) is 0.350. The number of carbonyl (C=O) groups excluding carboxylic acids is 2. The molecule has 10 heteroatoms. The van der Waals surface area contributed by atoms with Crippen molar-refractivity contribution in [1.29, 1.82) is 0 Å². The second-order valence-electron chi connectivity index (χ2n) is 11.6. The van der Waals surface area contributed by atoms with E-state index in [0.717, 1.165) is 17.5 Å². The number of carboxylic acid groups (broad SMARTS) is 1. The minimum Gasteiger partial charge on any atom is -0.465 e. The number of hydrogen-bond acceptors (Lipinski definition) is 5. The number of amides is 3. The fraction of sp³-hybridized carbons (Fsp3) is 0.571. The Balaban J connectivity index is 2.21. The Labute approximate surface area is 225 Å². The Morgan fingerprint density at radius 3 is 2.21 bits per heavy atom. The van der Waals surface area contributed by atoms with Gasteiger partial charge in [-0.3, -0.25) is 19.2 Å². The molecule has 38 heavy (non-hydrogen) atoms. The van der Waals surface area contributed by atoms with Crippen LogP contribution in [0.25, 0.3) is 11.1 Å². The van der Waals surface area contributed by atoms with Gasteiger partial charge >= 0.3 is 6.09 Å². The molecule has 0 saturated heterocycles. The molecule has 1 aromatic carbocycles. The van der Waals surface area contributed by atoms with Crippen LogP contribution in [0.3, 0.4) is 0 Å². The molecule has 0 radical (unpaired) electrons. The van der Waals surface area contributed by atoms with E-state index in [-0.39, 0.29) is 30.2 Å². The van der Waals surface area contributed by atoms with Crippen LogP contribution < -0.4 is 15.5 Å². The van der Waals surface area contributed by atoms with Gasteiger partial charge in [0.25, 0.3) is 0 Å². The molecule has 4 N–H and O–H groups in total. The maximum absolute atomic E-state index is 12.9. The number of aryl methyl sites for hydroxylation is 1. The number of aromatic nitrogens is 2. The first kappa shape index (κ1) is 30.8. The topological polar surface area (TPSA) is 137 Å². The highest BCUT2D eigenvalue weighted by Gasteiger charge is 2.32. The number of aliphatic hydroxyl groups is 1. The summed E-state index contributed by atoms with van der Waals surface area (Å²) in [5.74, 6) is -0.361. The Bertz CT molecular complexity index is 1120. The first-order chi connectivity index (χ1) is 17.5. The van der Waals surface area contributed by atoms with Gasteiger partial charge in [0.05, 0.1) is 6.10 Å². The maximum Gasteiger partial charge on any atom is 0.413 e. The molecule has 1 aromatic heterocycles. The maximum atomic E-state index is 12.9. The molecule has 210 valence electrons. The number of hydrogen-bond donors (Lipinski definition) is 4. The average Bonchev–Trinajstić information content (AvgIpc) is 3.16. The van der Waals surface area contributed by atoms with Crippen LogP contribution in [0.5, 0.6) is 0 Å². The SMILES string of the molecule is CCC(C)(C)CC(O)CNC(=O)C(Cc1ccc(-c2cn(C)nc2N(C(=O)O)C(C)(C)C)cc1)NC(C)=O. The van der Waals surface area contributed by atoms with Crippen LogP contribution in [0.2, 0.25) is 0 Å². The van der Waals surface area contributed by atoms with Gasteiger partial charge in [0, 0.05) is 44.2 Å². The minimum absolute atomic E-state index is 0.0363. The Hall–Kier alpha value is -3.40. The number of nitrogens with zero attached hydrogens (tertiary/aromatic N) is 3. The van der Waals surface area contributed by atoms with Crippen LogP contribution in [0.15, 0.2) is 30.5 Å². The first-order valence-electron chi connectivity index (χ1n) is 12.9. The first-order valence-corrected chi connectivity index (χ1v) is 12.9. The highest BCUT2D eigenvalue weighted by Crippen LogP contribution is 2.33. The molecule has 3 amide bonds. The number of carbonyl (C=O) groups is 3. The van der Waals surface area contributed by atoms with Gasteiger partial charge in [0.2, 0.25) is 11.8 Å². The molecule has 2 atom stereocenters. The van der Waals surface area contributed by atoms with Gasteiger partial charge in [-0.05, 0) is 43.7 Å². The summed E-state index contributed by atoms with van der Waals surface area (Å²) in [6.07, 6.45) is 1.71. The lowest BCUT2D eigenvalue weighted by atomic mass is 9.84. The number of anilines is 1.